The van der Waals surface area contributed by atoms with Crippen molar-refractivity contribution < 1.29 is 4.79 Å². The molecule has 0 aliphatic heterocycles. The number of thiophene rings is 1. The first-order valence-electron chi connectivity index (χ1n) is 5.90. The van der Waals surface area contributed by atoms with E-state index in [0.29, 0.717) is 23.9 Å². The van der Waals surface area contributed by atoms with Crippen LogP contribution in [0.25, 0.3) is 10.7 Å². The van der Waals surface area contributed by atoms with E-state index in [1.54, 1.807) is 23.3 Å². The predicted octanol–water partition coefficient (Wildman–Crippen LogP) is 2.00. The van der Waals surface area contributed by atoms with Gasteiger partial charge in [0.15, 0.2) is 5.82 Å². The minimum atomic E-state index is -0.0345. The Hall–Kier alpha value is -1.85. The van der Waals surface area contributed by atoms with Gasteiger partial charge in [0.25, 0.3) is 0 Å². The van der Waals surface area contributed by atoms with Crippen LogP contribution < -0.4 is 0 Å². The number of nitrogens with zero attached hydrogens (tertiary/aromatic N) is 4. The molecule has 0 aliphatic carbocycles. The molecule has 20 heavy (non-hydrogen) atoms. The van der Waals surface area contributed by atoms with Crippen molar-refractivity contribution in [1.29, 1.82) is 5.26 Å². The van der Waals surface area contributed by atoms with Crippen LogP contribution in [0.15, 0.2) is 22.7 Å². The Morgan fingerprint density at radius 1 is 1.65 bits per heavy atom. The van der Waals surface area contributed by atoms with Crippen LogP contribution in [-0.4, -0.2) is 45.3 Å². The summed E-state index contributed by atoms with van der Waals surface area (Å²) in [4.78, 5) is 18.7. The van der Waals surface area contributed by atoms with Crippen molar-refractivity contribution in [2.75, 3.05) is 19.3 Å². The van der Waals surface area contributed by atoms with Crippen LogP contribution in [0.2, 0.25) is 0 Å². The second-order valence-electron chi connectivity index (χ2n) is 3.96. The fourth-order valence-electron chi connectivity index (χ4n) is 1.41. The molecule has 1 N–H and O–H groups in total. The van der Waals surface area contributed by atoms with Gasteiger partial charge >= 0.3 is 0 Å². The number of thioether (sulfide) groups is 1. The number of amides is 1. The van der Waals surface area contributed by atoms with Gasteiger partial charge < -0.3 is 4.90 Å². The Morgan fingerprint density at radius 2 is 2.50 bits per heavy atom. The van der Waals surface area contributed by atoms with E-state index in [2.05, 4.69) is 15.2 Å². The minimum absolute atomic E-state index is 0.0345. The highest BCUT2D eigenvalue weighted by Gasteiger charge is 2.12. The second-order valence-corrected chi connectivity index (χ2v) is 5.85. The summed E-state index contributed by atoms with van der Waals surface area (Å²) in [5.74, 6) is 0.949. The van der Waals surface area contributed by atoms with E-state index < -0.39 is 0 Å². The van der Waals surface area contributed by atoms with Crippen LogP contribution in [0, 0.1) is 11.3 Å². The third-order valence-corrected chi connectivity index (χ3v) is 4.24. The first-order chi connectivity index (χ1) is 9.70. The van der Waals surface area contributed by atoms with Crippen molar-refractivity contribution in [2.24, 2.45) is 0 Å². The number of hydrogen-bond acceptors (Lipinski definition) is 6. The molecule has 0 saturated heterocycles. The largest absolute Gasteiger partial charge is 0.344 e. The molecule has 0 saturated carbocycles. The highest BCUT2D eigenvalue weighted by Crippen LogP contribution is 2.23. The summed E-state index contributed by atoms with van der Waals surface area (Å²) >= 11 is 2.86. The monoisotopic (exact) mass is 307 g/mol. The molecular weight excluding hydrogens is 294 g/mol. The number of nitriles is 1. The van der Waals surface area contributed by atoms with E-state index in [-0.39, 0.29) is 11.7 Å². The van der Waals surface area contributed by atoms with Gasteiger partial charge in [0.1, 0.15) is 0 Å². The van der Waals surface area contributed by atoms with Crippen LogP contribution >= 0.6 is 23.1 Å². The van der Waals surface area contributed by atoms with Gasteiger partial charge in [0, 0.05) is 13.6 Å². The van der Waals surface area contributed by atoms with Crippen LogP contribution in [-0.2, 0) is 4.79 Å². The van der Waals surface area contributed by atoms with E-state index in [1.165, 1.54) is 11.8 Å². The zero-order valence-electron chi connectivity index (χ0n) is 10.9. The molecular formula is C12H13N5OS2. The van der Waals surface area contributed by atoms with Crippen LogP contribution in [0.5, 0.6) is 0 Å². The predicted molar refractivity (Wildman–Crippen MR) is 78.3 cm³/mol. The molecule has 8 heteroatoms. The number of aromatic nitrogens is 3. The summed E-state index contributed by atoms with van der Waals surface area (Å²) in [5.41, 5.74) is 0. The topological polar surface area (TPSA) is 85.7 Å². The lowest BCUT2D eigenvalue weighted by atomic mass is 10.4. The molecule has 0 fully saturated rings. The molecule has 0 aliphatic rings. The fraction of sp³-hybridized carbons (Fsp3) is 0.333. The number of nitrogens with one attached hydrogen (secondary N) is 1. The van der Waals surface area contributed by atoms with Gasteiger partial charge in [-0.25, -0.2) is 4.98 Å². The van der Waals surface area contributed by atoms with E-state index in [0.717, 1.165) is 4.88 Å². The molecule has 2 aromatic heterocycles. The zero-order valence-corrected chi connectivity index (χ0v) is 12.5. The molecule has 0 aromatic carbocycles. The second kappa shape index (κ2) is 7.07. The van der Waals surface area contributed by atoms with Crippen LogP contribution in [0.1, 0.15) is 6.42 Å². The summed E-state index contributed by atoms with van der Waals surface area (Å²) in [6.07, 6.45) is 0.343. The SMILES string of the molecule is CN(CCC#N)C(=O)CSc1n[nH]c(-c2cccs2)n1. The Balaban J connectivity index is 1.86. The molecule has 2 heterocycles. The van der Waals surface area contributed by atoms with Crippen molar-refractivity contribution >= 4 is 29.0 Å². The maximum absolute atomic E-state index is 11.8. The van der Waals surface area contributed by atoms with E-state index in [9.17, 15) is 4.79 Å². The first-order valence-corrected chi connectivity index (χ1v) is 7.77. The van der Waals surface area contributed by atoms with Crippen molar-refractivity contribution in [1.82, 2.24) is 20.1 Å². The molecule has 0 radical (unpaired) electrons. The van der Waals surface area contributed by atoms with E-state index >= 15 is 0 Å². The number of rotatable bonds is 6. The standard InChI is InChI=1S/C12H13N5OS2/c1-17(6-3-5-13)10(18)8-20-12-14-11(15-16-12)9-4-2-7-19-9/h2,4,7H,3,6,8H2,1H3,(H,14,15,16). The number of carbonyl (C=O) groups is 1. The van der Waals surface area contributed by atoms with Gasteiger partial charge in [-0.1, -0.05) is 17.8 Å². The Bertz CT molecular complexity index is 602. The zero-order chi connectivity index (χ0) is 14.4. The lowest BCUT2D eigenvalue weighted by Crippen LogP contribution is -2.29. The highest BCUT2D eigenvalue weighted by atomic mass is 32.2. The number of H-pyrrole nitrogens is 1. The van der Waals surface area contributed by atoms with Crippen molar-refractivity contribution in [3.63, 3.8) is 0 Å². The maximum Gasteiger partial charge on any atom is 0.232 e. The molecule has 6 nitrogen and oxygen atoms in total. The first kappa shape index (κ1) is 14.6. The fourth-order valence-corrected chi connectivity index (χ4v) is 2.82. The van der Waals surface area contributed by atoms with Crippen LogP contribution in [0.4, 0.5) is 0 Å². The molecule has 2 aromatic rings. The smallest absolute Gasteiger partial charge is 0.232 e. The Labute approximate surface area is 124 Å². The molecule has 0 bridgehead atoms. The molecule has 0 atom stereocenters. The van der Waals surface area contributed by atoms with E-state index in [4.69, 9.17) is 5.26 Å². The minimum Gasteiger partial charge on any atom is -0.344 e. The van der Waals surface area contributed by atoms with E-state index in [1.807, 2.05) is 23.6 Å². The average Bonchev–Trinajstić information content (AvgIpc) is 3.12. The number of hydrogen-bond donors (Lipinski definition) is 1. The summed E-state index contributed by atoms with van der Waals surface area (Å²) in [6.45, 7) is 0.449. The highest BCUT2D eigenvalue weighted by molar-refractivity contribution is 7.99. The summed E-state index contributed by atoms with van der Waals surface area (Å²) in [7, 11) is 1.69. The number of carbonyl (C=O) groups excluding carboxylic acids is 1. The van der Waals surface area contributed by atoms with Gasteiger partial charge in [0.05, 0.1) is 23.1 Å². The Morgan fingerprint density at radius 3 is 3.20 bits per heavy atom. The van der Waals surface area contributed by atoms with Crippen molar-refractivity contribution in [2.45, 2.75) is 11.6 Å². The molecule has 0 unspecified atom stereocenters. The van der Waals surface area contributed by atoms with Crippen molar-refractivity contribution in [3.05, 3.63) is 17.5 Å². The van der Waals surface area contributed by atoms with Gasteiger partial charge in [-0.2, -0.15) is 5.26 Å². The molecule has 0 spiro atoms. The van der Waals surface area contributed by atoms with Gasteiger partial charge in [0.2, 0.25) is 11.1 Å². The lowest BCUT2D eigenvalue weighted by Gasteiger charge is -2.14. The third kappa shape index (κ3) is 3.82. The normalized spacial score (nSPS) is 10.2. The number of aromatic amines is 1. The molecule has 1 amide bonds. The molecule has 2 rings (SSSR count). The van der Waals surface area contributed by atoms with Crippen molar-refractivity contribution in [3.8, 4) is 16.8 Å². The van der Waals surface area contributed by atoms with Gasteiger partial charge in [-0.05, 0) is 11.4 Å². The van der Waals surface area contributed by atoms with Gasteiger partial charge in [-0.15, -0.1) is 16.4 Å². The average molecular weight is 307 g/mol. The Kier molecular flexibility index (Phi) is 5.15. The third-order valence-electron chi connectivity index (χ3n) is 2.53. The summed E-state index contributed by atoms with van der Waals surface area (Å²) in [6, 6.07) is 5.92. The lowest BCUT2D eigenvalue weighted by molar-refractivity contribution is -0.127. The summed E-state index contributed by atoms with van der Waals surface area (Å²) < 4.78 is 0. The van der Waals surface area contributed by atoms with Crippen LogP contribution in [0.3, 0.4) is 0 Å². The van der Waals surface area contributed by atoms with Gasteiger partial charge in [-0.3, -0.25) is 9.89 Å². The maximum atomic E-state index is 11.8. The summed E-state index contributed by atoms with van der Waals surface area (Å²) in [5, 5.41) is 17.9. The quantitative estimate of drug-likeness (QED) is 0.825. The molecule has 104 valence electrons.